The summed E-state index contributed by atoms with van der Waals surface area (Å²) in [7, 11) is 0. The van der Waals surface area contributed by atoms with E-state index in [-0.39, 0.29) is 0 Å². The first-order chi connectivity index (χ1) is 8.80. The summed E-state index contributed by atoms with van der Waals surface area (Å²) in [5.41, 5.74) is 1.95. The number of hydrogen-bond acceptors (Lipinski definition) is 2. The molecule has 0 radical (unpaired) electrons. The van der Waals surface area contributed by atoms with Crippen LogP contribution < -0.4 is 0 Å². The van der Waals surface area contributed by atoms with Crippen LogP contribution in [0.5, 0.6) is 0 Å². The molecule has 1 heterocycles. The van der Waals surface area contributed by atoms with Gasteiger partial charge in [-0.2, -0.15) is 0 Å². The fourth-order valence-electron chi connectivity index (χ4n) is 3.86. The third-order valence-electron chi connectivity index (χ3n) is 4.83. The van der Waals surface area contributed by atoms with E-state index in [4.69, 9.17) is 0 Å². The van der Waals surface area contributed by atoms with Gasteiger partial charge < -0.3 is 5.11 Å². The predicted octanol–water partition coefficient (Wildman–Crippen LogP) is 2.67. The molecule has 1 aromatic carbocycles. The van der Waals surface area contributed by atoms with Crippen molar-refractivity contribution in [2.45, 2.75) is 32.2 Å². The molecule has 1 aromatic rings. The molecule has 2 nitrogen and oxygen atoms in total. The molecule has 1 aliphatic heterocycles. The monoisotopic (exact) mass is 245 g/mol. The fourth-order valence-corrected chi connectivity index (χ4v) is 3.86. The van der Waals surface area contributed by atoms with Crippen LogP contribution in [-0.4, -0.2) is 29.7 Å². The van der Waals surface area contributed by atoms with Crippen LogP contribution in [-0.2, 0) is 6.54 Å². The zero-order valence-electron chi connectivity index (χ0n) is 11.0. The van der Waals surface area contributed by atoms with Crippen molar-refractivity contribution in [2.75, 3.05) is 19.7 Å². The van der Waals surface area contributed by atoms with Gasteiger partial charge in [-0.15, -0.1) is 0 Å². The summed E-state index contributed by atoms with van der Waals surface area (Å²) in [5.74, 6) is 0.571. The van der Waals surface area contributed by atoms with Gasteiger partial charge in [0.15, 0.2) is 0 Å². The van der Waals surface area contributed by atoms with Crippen LogP contribution in [0.15, 0.2) is 30.3 Å². The standard InChI is InChI=1S/C16H23NO/c18-12-15-6-7-16(10-15)8-9-17(13-16)11-14-4-2-1-3-5-14/h1-5,15,18H,6-13H2/t15-,16-/m0/s1. The Morgan fingerprint density at radius 1 is 1.22 bits per heavy atom. The molecule has 98 valence electrons. The smallest absolute Gasteiger partial charge is 0.0459 e. The van der Waals surface area contributed by atoms with Crippen LogP contribution in [0.4, 0.5) is 0 Å². The van der Waals surface area contributed by atoms with Gasteiger partial charge in [-0.25, -0.2) is 0 Å². The van der Waals surface area contributed by atoms with Crippen molar-refractivity contribution in [3.8, 4) is 0 Å². The maximum Gasteiger partial charge on any atom is 0.0459 e. The van der Waals surface area contributed by atoms with E-state index in [1.165, 1.54) is 44.3 Å². The molecule has 2 atom stereocenters. The third-order valence-corrected chi connectivity index (χ3v) is 4.83. The van der Waals surface area contributed by atoms with E-state index in [2.05, 4.69) is 35.2 Å². The number of hydrogen-bond donors (Lipinski definition) is 1. The molecular weight excluding hydrogens is 222 g/mol. The normalized spacial score (nSPS) is 32.4. The molecule has 2 fully saturated rings. The summed E-state index contributed by atoms with van der Waals surface area (Å²) in [6, 6.07) is 10.8. The second kappa shape index (κ2) is 5.02. The van der Waals surface area contributed by atoms with Crippen molar-refractivity contribution in [1.29, 1.82) is 0 Å². The van der Waals surface area contributed by atoms with Crippen molar-refractivity contribution in [3.63, 3.8) is 0 Å². The molecule has 0 unspecified atom stereocenters. The second-order valence-corrected chi connectivity index (χ2v) is 6.24. The van der Waals surface area contributed by atoms with Crippen molar-refractivity contribution < 1.29 is 5.11 Å². The lowest BCUT2D eigenvalue weighted by Gasteiger charge is -2.24. The lowest BCUT2D eigenvalue weighted by molar-refractivity contribution is 0.203. The molecule has 3 rings (SSSR count). The lowest BCUT2D eigenvalue weighted by atomic mass is 9.84. The SMILES string of the molecule is OC[C@H]1CC[C@]2(CCN(Cc3ccccc3)C2)C1. The van der Waals surface area contributed by atoms with Gasteiger partial charge in [-0.05, 0) is 49.1 Å². The zero-order chi connectivity index (χ0) is 12.4. The van der Waals surface area contributed by atoms with E-state index in [1.807, 2.05) is 0 Å². The van der Waals surface area contributed by atoms with Crippen molar-refractivity contribution in [1.82, 2.24) is 4.90 Å². The highest BCUT2D eigenvalue weighted by Crippen LogP contribution is 2.48. The van der Waals surface area contributed by atoms with Gasteiger partial charge in [0, 0.05) is 19.7 Å². The van der Waals surface area contributed by atoms with Crippen molar-refractivity contribution in [2.24, 2.45) is 11.3 Å². The Morgan fingerprint density at radius 2 is 2.06 bits per heavy atom. The number of aliphatic hydroxyl groups is 1. The van der Waals surface area contributed by atoms with Gasteiger partial charge in [0.1, 0.15) is 0 Å². The molecule has 0 bridgehead atoms. The Balaban J connectivity index is 1.59. The first-order valence-corrected chi connectivity index (χ1v) is 7.17. The molecule has 1 saturated carbocycles. The minimum atomic E-state index is 0.389. The van der Waals surface area contributed by atoms with Gasteiger partial charge in [-0.1, -0.05) is 30.3 Å². The highest BCUT2D eigenvalue weighted by molar-refractivity contribution is 5.15. The molecule has 2 heteroatoms. The number of benzene rings is 1. The van der Waals surface area contributed by atoms with Crippen molar-refractivity contribution >= 4 is 0 Å². The number of nitrogens with zero attached hydrogens (tertiary/aromatic N) is 1. The zero-order valence-corrected chi connectivity index (χ0v) is 11.0. The molecule has 18 heavy (non-hydrogen) atoms. The fraction of sp³-hybridized carbons (Fsp3) is 0.625. The van der Waals surface area contributed by atoms with E-state index >= 15 is 0 Å². The minimum absolute atomic E-state index is 0.389. The summed E-state index contributed by atoms with van der Waals surface area (Å²) in [5, 5.41) is 9.30. The Kier molecular flexibility index (Phi) is 3.40. The van der Waals surface area contributed by atoms with Crippen LogP contribution in [0.1, 0.15) is 31.2 Å². The molecular formula is C16H23NO. The molecule has 1 aliphatic carbocycles. The third kappa shape index (κ3) is 2.45. The molecule has 1 N–H and O–H groups in total. The molecule has 1 spiro atoms. The van der Waals surface area contributed by atoms with Gasteiger partial charge in [0.2, 0.25) is 0 Å². The topological polar surface area (TPSA) is 23.5 Å². The lowest BCUT2D eigenvalue weighted by Crippen LogP contribution is -2.25. The summed E-state index contributed by atoms with van der Waals surface area (Å²) < 4.78 is 0. The Morgan fingerprint density at radius 3 is 2.78 bits per heavy atom. The van der Waals surface area contributed by atoms with E-state index < -0.39 is 0 Å². The van der Waals surface area contributed by atoms with Crippen LogP contribution in [0.3, 0.4) is 0 Å². The van der Waals surface area contributed by atoms with Gasteiger partial charge in [0.05, 0.1) is 0 Å². The number of aliphatic hydroxyl groups excluding tert-OH is 1. The van der Waals surface area contributed by atoms with Gasteiger partial charge >= 0.3 is 0 Å². The summed E-state index contributed by atoms with van der Waals surface area (Å²) >= 11 is 0. The summed E-state index contributed by atoms with van der Waals surface area (Å²) in [6.45, 7) is 3.94. The predicted molar refractivity (Wildman–Crippen MR) is 73.2 cm³/mol. The van der Waals surface area contributed by atoms with E-state index in [1.54, 1.807) is 0 Å². The first kappa shape index (κ1) is 12.2. The molecule has 1 saturated heterocycles. The van der Waals surface area contributed by atoms with Crippen molar-refractivity contribution in [3.05, 3.63) is 35.9 Å². The van der Waals surface area contributed by atoms with E-state index in [0.29, 0.717) is 17.9 Å². The van der Waals surface area contributed by atoms with Gasteiger partial charge in [0.25, 0.3) is 0 Å². The Bertz CT molecular complexity index is 391. The number of likely N-dealkylation sites (tertiary alicyclic amines) is 1. The minimum Gasteiger partial charge on any atom is -0.396 e. The maximum atomic E-state index is 9.30. The Labute approximate surface area is 110 Å². The van der Waals surface area contributed by atoms with Crippen LogP contribution >= 0.6 is 0 Å². The average molecular weight is 245 g/mol. The van der Waals surface area contributed by atoms with Crippen LogP contribution in [0.2, 0.25) is 0 Å². The Hall–Kier alpha value is -0.860. The largest absolute Gasteiger partial charge is 0.396 e. The highest BCUT2D eigenvalue weighted by Gasteiger charge is 2.43. The average Bonchev–Trinajstić information content (AvgIpc) is 2.99. The van der Waals surface area contributed by atoms with E-state index in [0.717, 1.165) is 6.54 Å². The molecule has 2 aliphatic rings. The molecule has 0 aromatic heterocycles. The number of rotatable bonds is 3. The first-order valence-electron chi connectivity index (χ1n) is 7.17. The highest BCUT2D eigenvalue weighted by atomic mass is 16.3. The van der Waals surface area contributed by atoms with Crippen LogP contribution in [0.25, 0.3) is 0 Å². The molecule has 0 amide bonds. The van der Waals surface area contributed by atoms with Crippen LogP contribution in [0, 0.1) is 11.3 Å². The summed E-state index contributed by atoms with van der Waals surface area (Å²) in [6.07, 6.45) is 5.13. The quantitative estimate of drug-likeness (QED) is 0.885. The summed E-state index contributed by atoms with van der Waals surface area (Å²) in [4.78, 5) is 2.59. The second-order valence-electron chi connectivity index (χ2n) is 6.24. The van der Waals surface area contributed by atoms with Gasteiger partial charge in [-0.3, -0.25) is 4.90 Å². The van der Waals surface area contributed by atoms with E-state index in [9.17, 15) is 5.11 Å². The maximum absolute atomic E-state index is 9.30.